The van der Waals surface area contributed by atoms with Crippen molar-refractivity contribution in [2.45, 2.75) is 13.2 Å². The van der Waals surface area contributed by atoms with Crippen molar-refractivity contribution < 1.29 is 9.90 Å². The first-order chi connectivity index (χ1) is 13.4. The predicted octanol–water partition coefficient (Wildman–Crippen LogP) is 5.29. The Labute approximate surface area is 177 Å². The van der Waals surface area contributed by atoms with Gasteiger partial charge in [0.2, 0.25) is 0 Å². The van der Waals surface area contributed by atoms with E-state index in [0.717, 1.165) is 0 Å². The highest BCUT2D eigenvalue weighted by molar-refractivity contribution is 6.36. The van der Waals surface area contributed by atoms with Gasteiger partial charge in [0.1, 0.15) is 5.82 Å². The lowest BCUT2D eigenvalue weighted by atomic mass is 10.1. The molecule has 3 aromatic rings. The monoisotopic (exact) mass is 435 g/mol. The number of pyridine rings is 1. The minimum absolute atomic E-state index is 0.0429. The summed E-state index contributed by atoms with van der Waals surface area (Å²) in [5, 5.41) is 11.0. The Morgan fingerprint density at radius 3 is 2.21 bits per heavy atom. The van der Waals surface area contributed by atoms with E-state index in [2.05, 4.69) is 4.98 Å². The Balaban J connectivity index is 2.09. The number of aliphatic hydroxyl groups excluding tert-OH is 1. The van der Waals surface area contributed by atoms with Gasteiger partial charge in [0.15, 0.2) is 0 Å². The first-order valence-electron chi connectivity index (χ1n) is 8.28. The quantitative estimate of drug-likeness (QED) is 0.570. The van der Waals surface area contributed by atoms with Crippen LogP contribution in [0, 0.1) is 0 Å². The maximum atomic E-state index is 12.1. The zero-order valence-corrected chi connectivity index (χ0v) is 16.8. The zero-order valence-electron chi connectivity index (χ0n) is 14.6. The molecule has 0 aliphatic carbocycles. The topological polar surface area (TPSA) is 79.5 Å². The second kappa shape index (κ2) is 8.80. The van der Waals surface area contributed by atoms with Crippen molar-refractivity contribution in [1.29, 1.82) is 0 Å². The summed E-state index contributed by atoms with van der Waals surface area (Å²) in [5.74, 6) is 0.288. The van der Waals surface area contributed by atoms with Gasteiger partial charge in [0.05, 0.1) is 18.8 Å². The van der Waals surface area contributed by atoms with E-state index in [-0.39, 0.29) is 19.0 Å². The van der Waals surface area contributed by atoms with Crippen LogP contribution in [0.5, 0.6) is 0 Å². The second-order valence-electron chi connectivity index (χ2n) is 5.94. The van der Waals surface area contributed by atoms with Crippen LogP contribution in [-0.2, 0) is 13.2 Å². The maximum absolute atomic E-state index is 12.1. The minimum atomic E-state index is -0.717. The van der Waals surface area contributed by atoms with E-state index in [9.17, 15) is 9.90 Å². The number of nitrogens with two attached hydrogens (primary N) is 1. The van der Waals surface area contributed by atoms with Crippen LogP contribution >= 0.6 is 34.8 Å². The summed E-state index contributed by atoms with van der Waals surface area (Å²) >= 11 is 18.7. The molecule has 0 fully saturated rings. The summed E-state index contributed by atoms with van der Waals surface area (Å²) in [4.78, 5) is 17.9. The molecule has 0 radical (unpaired) electrons. The number of carbonyl (C=O) groups is 1. The van der Waals surface area contributed by atoms with Gasteiger partial charge >= 0.3 is 6.03 Å². The summed E-state index contributed by atoms with van der Waals surface area (Å²) in [6, 6.07) is 14.7. The largest absolute Gasteiger partial charge is 0.392 e. The Morgan fingerprint density at radius 1 is 0.964 bits per heavy atom. The van der Waals surface area contributed by atoms with Crippen LogP contribution < -0.4 is 10.6 Å². The number of halogens is 3. The highest BCUT2D eigenvalue weighted by Gasteiger charge is 2.20. The highest BCUT2D eigenvalue weighted by atomic mass is 35.5. The molecule has 0 bridgehead atoms. The molecule has 0 saturated carbocycles. The average molecular weight is 437 g/mol. The van der Waals surface area contributed by atoms with E-state index in [4.69, 9.17) is 40.5 Å². The molecule has 0 unspecified atom stereocenters. The van der Waals surface area contributed by atoms with Crippen LogP contribution in [0.15, 0.2) is 54.6 Å². The molecule has 0 aliphatic rings. The fraction of sp³-hybridized carbons (Fsp3) is 0.100. The van der Waals surface area contributed by atoms with Crippen LogP contribution in [0.1, 0.15) is 11.1 Å². The van der Waals surface area contributed by atoms with Crippen LogP contribution in [-0.4, -0.2) is 16.1 Å². The smallest absolute Gasteiger partial charge is 0.320 e. The number of nitrogens with zero attached hydrogens (tertiary/aromatic N) is 2. The fourth-order valence-corrected chi connectivity index (χ4v) is 3.50. The number of aliphatic hydroxyl groups is 1. The molecule has 1 aromatic heterocycles. The number of rotatable bonds is 5. The molecule has 0 aliphatic heterocycles. The maximum Gasteiger partial charge on any atom is 0.320 e. The van der Waals surface area contributed by atoms with Crippen LogP contribution in [0.4, 0.5) is 10.6 Å². The number of amides is 2. The van der Waals surface area contributed by atoms with E-state index >= 15 is 0 Å². The number of anilines is 1. The fourth-order valence-electron chi connectivity index (χ4n) is 2.76. The molecule has 0 spiro atoms. The highest BCUT2D eigenvalue weighted by Crippen LogP contribution is 2.32. The lowest BCUT2D eigenvalue weighted by Gasteiger charge is -2.22. The molecule has 5 nitrogen and oxygen atoms in total. The number of carbonyl (C=O) groups excluding carboxylic acids is 1. The SMILES string of the molecule is NC(=O)N(Cc1c(Cl)cccc1Cl)c1ccc(CO)c(-c2ccccc2Cl)n1. The van der Waals surface area contributed by atoms with Crippen LogP contribution in [0.25, 0.3) is 11.3 Å². The molecule has 2 amide bonds. The Kier molecular flexibility index (Phi) is 6.42. The van der Waals surface area contributed by atoms with E-state index in [0.29, 0.717) is 37.5 Å². The standard InChI is InChI=1S/C20H16Cl3N3O2/c21-15-5-2-1-4-13(15)19-12(11-27)8-9-18(25-19)26(20(24)28)10-14-16(22)6-3-7-17(14)23/h1-9,27H,10-11H2,(H2,24,28). The van der Waals surface area contributed by atoms with Crippen molar-refractivity contribution in [3.8, 4) is 11.3 Å². The number of hydrogen-bond acceptors (Lipinski definition) is 3. The first kappa shape index (κ1) is 20.4. The molecule has 144 valence electrons. The molecule has 0 saturated heterocycles. The molecule has 1 heterocycles. The molecule has 3 N–H and O–H groups in total. The third-order valence-corrected chi connectivity index (χ3v) is 5.22. The molecular weight excluding hydrogens is 421 g/mol. The van der Waals surface area contributed by atoms with E-state index in [1.807, 2.05) is 6.07 Å². The van der Waals surface area contributed by atoms with Gasteiger partial charge in [-0.25, -0.2) is 9.78 Å². The summed E-state index contributed by atoms with van der Waals surface area (Å²) in [5.41, 5.74) is 7.81. The zero-order chi connectivity index (χ0) is 20.3. The van der Waals surface area contributed by atoms with Gasteiger partial charge in [-0.15, -0.1) is 0 Å². The van der Waals surface area contributed by atoms with E-state index in [1.54, 1.807) is 48.5 Å². The van der Waals surface area contributed by atoms with Crippen LogP contribution in [0.3, 0.4) is 0 Å². The van der Waals surface area contributed by atoms with Crippen molar-refractivity contribution in [3.63, 3.8) is 0 Å². The minimum Gasteiger partial charge on any atom is -0.392 e. The Bertz CT molecular complexity index is 1010. The third-order valence-electron chi connectivity index (χ3n) is 4.18. The van der Waals surface area contributed by atoms with Gasteiger partial charge in [-0.3, -0.25) is 4.90 Å². The summed E-state index contributed by atoms with van der Waals surface area (Å²) in [6.07, 6.45) is 0. The van der Waals surface area contributed by atoms with Gasteiger partial charge in [-0.1, -0.05) is 65.1 Å². The van der Waals surface area contributed by atoms with Crippen molar-refractivity contribution in [2.24, 2.45) is 5.73 Å². The summed E-state index contributed by atoms with van der Waals surface area (Å²) in [7, 11) is 0. The number of primary amides is 1. The first-order valence-corrected chi connectivity index (χ1v) is 9.41. The number of hydrogen-bond donors (Lipinski definition) is 2. The number of aromatic nitrogens is 1. The van der Waals surface area contributed by atoms with Gasteiger partial charge < -0.3 is 10.8 Å². The van der Waals surface area contributed by atoms with Crippen molar-refractivity contribution in [2.75, 3.05) is 4.90 Å². The van der Waals surface area contributed by atoms with Gasteiger partial charge in [0.25, 0.3) is 0 Å². The van der Waals surface area contributed by atoms with Crippen molar-refractivity contribution in [3.05, 3.63) is 80.8 Å². The third kappa shape index (κ3) is 4.23. The molecule has 28 heavy (non-hydrogen) atoms. The van der Waals surface area contributed by atoms with Crippen molar-refractivity contribution in [1.82, 2.24) is 4.98 Å². The van der Waals surface area contributed by atoms with Gasteiger partial charge in [-0.2, -0.15) is 0 Å². The molecule has 2 aromatic carbocycles. The Morgan fingerprint density at radius 2 is 1.61 bits per heavy atom. The molecule has 8 heteroatoms. The van der Waals surface area contributed by atoms with Crippen molar-refractivity contribution >= 4 is 46.7 Å². The van der Waals surface area contributed by atoms with E-state index in [1.165, 1.54) is 4.90 Å². The second-order valence-corrected chi connectivity index (χ2v) is 7.16. The number of benzene rings is 2. The lowest BCUT2D eigenvalue weighted by Crippen LogP contribution is -2.36. The summed E-state index contributed by atoms with van der Waals surface area (Å²) < 4.78 is 0. The average Bonchev–Trinajstić information content (AvgIpc) is 2.67. The molecule has 3 rings (SSSR count). The van der Waals surface area contributed by atoms with Crippen LogP contribution in [0.2, 0.25) is 15.1 Å². The number of urea groups is 1. The van der Waals surface area contributed by atoms with Gasteiger partial charge in [0, 0.05) is 31.8 Å². The normalized spacial score (nSPS) is 10.7. The van der Waals surface area contributed by atoms with E-state index < -0.39 is 6.03 Å². The molecule has 0 atom stereocenters. The summed E-state index contributed by atoms with van der Waals surface area (Å²) in [6.45, 7) is -0.192. The molecular formula is C20H16Cl3N3O2. The predicted molar refractivity (Wildman–Crippen MR) is 113 cm³/mol. The Hall–Kier alpha value is -2.31. The van der Waals surface area contributed by atoms with Gasteiger partial charge in [-0.05, 0) is 24.3 Å². The lowest BCUT2D eigenvalue weighted by molar-refractivity contribution is 0.253.